The van der Waals surface area contributed by atoms with Crippen molar-refractivity contribution < 1.29 is 14.3 Å². The summed E-state index contributed by atoms with van der Waals surface area (Å²) in [6.45, 7) is 0.787. The molecule has 1 aromatic heterocycles. The van der Waals surface area contributed by atoms with E-state index < -0.39 is 0 Å². The Morgan fingerprint density at radius 3 is 2.48 bits per heavy atom. The van der Waals surface area contributed by atoms with E-state index in [2.05, 4.69) is 10.3 Å². The van der Waals surface area contributed by atoms with Crippen LogP contribution in [-0.4, -0.2) is 29.6 Å². The first-order valence-electron chi connectivity index (χ1n) is 11.7. The zero-order valence-corrected chi connectivity index (χ0v) is 18.9. The van der Waals surface area contributed by atoms with Crippen molar-refractivity contribution in [2.24, 2.45) is 5.92 Å². The molecule has 0 bridgehead atoms. The van der Waals surface area contributed by atoms with E-state index in [0.29, 0.717) is 18.2 Å². The molecular formula is C27H29N3O3. The minimum Gasteiger partial charge on any atom is -0.497 e. The van der Waals surface area contributed by atoms with Gasteiger partial charge in [0.2, 0.25) is 5.91 Å². The molecule has 2 heterocycles. The van der Waals surface area contributed by atoms with Crippen molar-refractivity contribution in [1.82, 2.24) is 9.97 Å². The van der Waals surface area contributed by atoms with E-state index >= 15 is 0 Å². The van der Waals surface area contributed by atoms with Crippen molar-refractivity contribution in [3.63, 3.8) is 0 Å². The Kier molecular flexibility index (Phi) is 6.35. The number of amides is 1. The lowest BCUT2D eigenvalue weighted by Gasteiger charge is -2.14. The van der Waals surface area contributed by atoms with Crippen molar-refractivity contribution in [3.05, 3.63) is 71.5 Å². The normalized spacial score (nSPS) is 17.7. The van der Waals surface area contributed by atoms with Crippen LogP contribution in [0.15, 0.2) is 54.7 Å². The van der Waals surface area contributed by atoms with Gasteiger partial charge in [0, 0.05) is 5.56 Å². The SMILES string of the molecule is COc1ccc(-c2cnc(NC(=O)Cc3ccc(C4CO4)cc3)c(CC3CCCC3)n2)cc1. The number of carbonyl (C=O) groups excluding carboxylic acids is 1. The number of carbonyl (C=O) groups is 1. The van der Waals surface area contributed by atoms with Gasteiger partial charge in [0.1, 0.15) is 11.9 Å². The molecule has 1 saturated carbocycles. The van der Waals surface area contributed by atoms with E-state index in [1.54, 1.807) is 13.3 Å². The number of ether oxygens (including phenoxy) is 2. The molecule has 1 N–H and O–H groups in total. The van der Waals surface area contributed by atoms with Crippen molar-refractivity contribution >= 4 is 11.7 Å². The van der Waals surface area contributed by atoms with Crippen molar-refractivity contribution in [2.75, 3.05) is 19.0 Å². The molecule has 6 heteroatoms. The van der Waals surface area contributed by atoms with Crippen molar-refractivity contribution in [1.29, 1.82) is 0 Å². The van der Waals surface area contributed by atoms with Crippen LogP contribution in [0.1, 0.15) is 48.6 Å². The van der Waals surface area contributed by atoms with E-state index in [1.165, 1.54) is 25.7 Å². The molecule has 1 unspecified atom stereocenters. The number of anilines is 1. The van der Waals surface area contributed by atoms with Gasteiger partial charge in [-0.15, -0.1) is 0 Å². The number of nitrogens with one attached hydrogen (secondary N) is 1. The molecule has 1 atom stereocenters. The second-order valence-corrected chi connectivity index (χ2v) is 8.92. The van der Waals surface area contributed by atoms with E-state index in [4.69, 9.17) is 14.5 Å². The highest BCUT2D eigenvalue weighted by molar-refractivity contribution is 5.92. The molecule has 2 fully saturated rings. The third kappa shape index (κ3) is 5.40. The fourth-order valence-electron chi connectivity index (χ4n) is 4.52. The summed E-state index contributed by atoms with van der Waals surface area (Å²) in [4.78, 5) is 22.4. The van der Waals surface area contributed by atoms with Crippen LogP contribution in [0.25, 0.3) is 11.3 Å². The number of nitrogens with zero attached hydrogens (tertiary/aromatic N) is 2. The highest BCUT2D eigenvalue weighted by Gasteiger charge is 2.24. The number of benzene rings is 2. The lowest BCUT2D eigenvalue weighted by Crippen LogP contribution is -2.18. The molecule has 5 rings (SSSR count). The first-order valence-corrected chi connectivity index (χ1v) is 11.7. The Morgan fingerprint density at radius 1 is 1.09 bits per heavy atom. The third-order valence-corrected chi connectivity index (χ3v) is 6.49. The molecule has 33 heavy (non-hydrogen) atoms. The highest BCUT2D eigenvalue weighted by Crippen LogP contribution is 2.31. The third-order valence-electron chi connectivity index (χ3n) is 6.49. The first-order chi connectivity index (χ1) is 16.2. The van der Waals surface area contributed by atoms with Crippen LogP contribution >= 0.6 is 0 Å². The maximum Gasteiger partial charge on any atom is 0.229 e. The second kappa shape index (κ2) is 9.71. The Bertz CT molecular complexity index is 1100. The molecule has 1 saturated heterocycles. The molecule has 0 spiro atoms. The maximum absolute atomic E-state index is 12.8. The first kappa shape index (κ1) is 21.6. The number of rotatable bonds is 8. The molecule has 6 nitrogen and oxygen atoms in total. The van der Waals surface area contributed by atoms with Crippen LogP contribution < -0.4 is 10.1 Å². The lowest BCUT2D eigenvalue weighted by molar-refractivity contribution is -0.115. The van der Waals surface area contributed by atoms with Gasteiger partial charge in [0.15, 0.2) is 5.82 Å². The zero-order chi connectivity index (χ0) is 22.6. The fraction of sp³-hybridized carbons (Fsp3) is 0.370. The predicted octanol–water partition coefficient (Wildman–Crippen LogP) is 5.14. The van der Waals surface area contributed by atoms with Gasteiger partial charge in [-0.2, -0.15) is 0 Å². The molecule has 2 aromatic carbocycles. The molecule has 3 aromatic rings. The Balaban J connectivity index is 1.33. The van der Waals surface area contributed by atoms with Gasteiger partial charge < -0.3 is 14.8 Å². The Hall–Kier alpha value is -3.25. The van der Waals surface area contributed by atoms with Crippen molar-refractivity contribution in [2.45, 2.75) is 44.6 Å². The minimum atomic E-state index is -0.0791. The van der Waals surface area contributed by atoms with Crippen LogP contribution in [0.4, 0.5) is 5.82 Å². The van der Waals surface area contributed by atoms with Crippen LogP contribution in [0, 0.1) is 5.92 Å². The lowest BCUT2D eigenvalue weighted by atomic mass is 10.0. The van der Waals surface area contributed by atoms with E-state index in [0.717, 1.165) is 46.9 Å². The molecule has 2 aliphatic rings. The van der Waals surface area contributed by atoms with Crippen LogP contribution in [-0.2, 0) is 22.4 Å². The number of methoxy groups -OCH3 is 1. The molecule has 170 valence electrons. The largest absolute Gasteiger partial charge is 0.497 e. The quantitative estimate of drug-likeness (QED) is 0.488. The minimum absolute atomic E-state index is 0.0791. The summed E-state index contributed by atoms with van der Waals surface area (Å²) in [5.74, 6) is 1.90. The number of epoxide rings is 1. The summed E-state index contributed by atoms with van der Waals surface area (Å²) in [5.41, 5.74) is 4.79. The van der Waals surface area contributed by atoms with E-state index in [1.807, 2.05) is 48.5 Å². The van der Waals surface area contributed by atoms with Crippen molar-refractivity contribution in [3.8, 4) is 17.0 Å². The van der Waals surface area contributed by atoms with Crippen LogP contribution in [0.2, 0.25) is 0 Å². The fourth-order valence-corrected chi connectivity index (χ4v) is 4.52. The molecule has 1 aliphatic heterocycles. The Labute approximate surface area is 194 Å². The molecular weight excluding hydrogens is 414 g/mol. The topological polar surface area (TPSA) is 76.6 Å². The average molecular weight is 444 g/mol. The highest BCUT2D eigenvalue weighted by atomic mass is 16.6. The summed E-state index contributed by atoms with van der Waals surface area (Å²) >= 11 is 0. The van der Waals surface area contributed by atoms with Crippen LogP contribution in [0.5, 0.6) is 5.75 Å². The van der Waals surface area contributed by atoms with E-state index in [9.17, 15) is 4.79 Å². The van der Waals surface area contributed by atoms with Gasteiger partial charge in [-0.25, -0.2) is 9.97 Å². The van der Waals surface area contributed by atoms with Crippen LogP contribution in [0.3, 0.4) is 0 Å². The van der Waals surface area contributed by atoms with Gasteiger partial charge in [0.05, 0.1) is 37.7 Å². The average Bonchev–Trinajstić information content (AvgIpc) is 3.57. The standard InChI is InChI=1S/C27H29N3O3/c1-32-22-12-10-20(11-13-22)24-16-28-27(23(29-24)14-18-4-2-3-5-18)30-26(31)15-19-6-8-21(9-7-19)25-17-33-25/h6-13,16,18,25H,2-5,14-15,17H2,1H3,(H,28,30,31). The van der Waals surface area contributed by atoms with Gasteiger partial charge in [-0.1, -0.05) is 49.9 Å². The van der Waals surface area contributed by atoms with Gasteiger partial charge in [-0.05, 0) is 47.7 Å². The van der Waals surface area contributed by atoms with E-state index in [-0.39, 0.29) is 12.0 Å². The monoisotopic (exact) mass is 443 g/mol. The number of hydrogen-bond donors (Lipinski definition) is 1. The second-order valence-electron chi connectivity index (χ2n) is 8.92. The summed E-state index contributed by atoms with van der Waals surface area (Å²) in [6, 6.07) is 15.9. The van der Waals surface area contributed by atoms with Gasteiger partial charge in [-0.3, -0.25) is 4.79 Å². The Morgan fingerprint density at radius 2 is 1.82 bits per heavy atom. The summed E-state index contributed by atoms with van der Waals surface area (Å²) in [5, 5.41) is 3.02. The number of aromatic nitrogens is 2. The molecule has 0 radical (unpaired) electrons. The summed E-state index contributed by atoms with van der Waals surface area (Å²) in [7, 11) is 1.65. The zero-order valence-electron chi connectivity index (χ0n) is 18.9. The molecule has 1 amide bonds. The predicted molar refractivity (Wildman–Crippen MR) is 127 cm³/mol. The maximum atomic E-state index is 12.8. The molecule has 1 aliphatic carbocycles. The smallest absolute Gasteiger partial charge is 0.229 e. The van der Waals surface area contributed by atoms with Gasteiger partial charge in [0.25, 0.3) is 0 Å². The number of hydrogen-bond acceptors (Lipinski definition) is 5. The summed E-state index contributed by atoms with van der Waals surface area (Å²) < 4.78 is 10.6. The van der Waals surface area contributed by atoms with Gasteiger partial charge >= 0.3 is 0 Å². The summed E-state index contributed by atoms with van der Waals surface area (Å²) in [6.07, 6.45) is 8.04.